The average molecular weight is 253 g/mol. The van der Waals surface area contributed by atoms with Gasteiger partial charge in [-0.05, 0) is 45.6 Å². The van der Waals surface area contributed by atoms with E-state index in [4.69, 9.17) is 0 Å². The number of nitrogens with zero attached hydrogens (tertiary/aromatic N) is 1. The normalized spacial score (nSPS) is 28.2. The minimum absolute atomic E-state index is 0.0460. The summed E-state index contributed by atoms with van der Waals surface area (Å²) in [6.07, 6.45) is 5.23. The van der Waals surface area contributed by atoms with E-state index in [1.165, 1.54) is 6.42 Å². The third kappa shape index (κ3) is 3.02. The summed E-state index contributed by atoms with van der Waals surface area (Å²) in [5, 5.41) is 5.97. The Bertz CT molecular complexity index is 318. The lowest BCUT2D eigenvalue weighted by Gasteiger charge is -2.28. The monoisotopic (exact) mass is 253 g/mol. The first-order chi connectivity index (χ1) is 8.62. The maximum atomic E-state index is 12.0. The summed E-state index contributed by atoms with van der Waals surface area (Å²) in [6, 6.07) is 0. The van der Waals surface area contributed by atoms with Crippen LogP contribution in [-0.4, -0.2) is 48.4 Å². The van der Waals surface area contributed by atoms with Crippen molar-refractivity contribution in [3.8, 4) is 0 Å². The Morgan fingerprint density at radius 2 is 1.94 bits per heavy atom. The van der Waals surface area contributed by atoms with Crippen molar-refractivity contribution in [2.24, 2.45) is 0 Å². The number of likely N-dealkylation sites (tertiary alicyclic amines) is 1. The summed E-state index contributed by atoms with van der Waals surface area (Å²) in [4.78, 5) is 25.8. The zero-order valence-electron chi connectivity index (χ0n) is 11.1. The lowest BCUT2D eigenvalue weighted by Crippen LogP contribution is -2.53. The smallest absolute Gasteiger partial charge is 0.241 e. The Labute approximate surface area is 108 Å². The molecule has 2 aliphatic heterocycles. The largest absolute Gasteiger partial charge is 0.345 e. The number of piperidine rings is 1. The van der Waals surface area contributed by atoms with E-state index in [-0.39, 0.29) is 18.4 Å². The SMILES string of the molecule is CC1(C(=O)NCC(=O)N2CCCCC2)CCCN1. The van der Waals surface area contributed by atoms with Gasteiger partial charge in [0.2, 0.25) is 11.8 Å². The second-order valence-electron chi connectivity index (χ2n) is 5.49. The molecule has 1 atom stereocenters. The third-order valence-corrected chi connectivity index (χ3v) is 3.98. The van der Waals surface area contributed by atoms with E-state index < -0.39 is 5.54 Å². The molecule has 18 heavy (non-hydrogen) atoms. The van der Waals surface area contributed by atoms with Crippen molar-refractivity contribution in [2.75, 3.05) is 26.2 Å². The molecule has 2 aliphatic rings. The minimum Gasteiger partial charge on any atom is -0.345 e. The van der Waals surface area contributed by atoms with E-state index in [0.717, 1.165) is 45.3 Å². The molecular weight excluding hydrogens is 230 g/mol. The molecule has 0 bridgehead atoms. The van der Waals surface area contributed by atoms with Crippen molar-refractivity contribution >= 4 is 11.8 Å². The van der Waals surface area contributed by atoms with Gasteiger partial charge in [0, 0.05) is 13.1 Å². The molecule has 2 heterocycles. The molecule has 0 aromatic rings. The summed E-state index contributed by atoms with van der Waals surface area (Å²) in [5.41, 5.74) is -0.484. The van der Waals surface area contributed by atoms with Crippen LogP contribution in [0.5, 0.6) is 0 Å². The van der Waals surface area contributed by atoms with Crippen LogP contribution < -0.4 is 10.6 Å². The Balaban J connectivity index is 1.76. The van der Waals surface area contributed by atoms with Crippen molar-refractivity contribution in [1.82, 2.24) is 15.5 Å². The molecule has 0 aromatic heterocycles. The molecule has 102 valence electrons. The van der Waals surface area contributed by atoms with Crippen molar-refractivity contribution < 1.29 is 9.59 Å². The predicted octanol–water partition coefficient (Wildman–Crippen LogP) is 0.257. The highest BCUT2D eigenvalue weighted by Gasteiger charge is 2.35. The second-order valence-corrected chi connectivity index (χ2v) is 5.49. The number of hydrogen-bond donors (Lipinski definition) is 2. The summed E-state index contributed by atoms with van der Waals surface area (Å²) in [6.45, 7) is 4.59. The van der Waals surface area contributed by atoms with Crippen LogP contribution in [0.4, 0.5) is 0 Å². The summed E-state index contributed by atoms with van der Waals surface area (Å²) in [7, 11) is 0. The predicted molar refractivity (Wildman–Crippen MR) is 69.1 cm³/mol. The van der Waals surface area contributed by atoms with Crippen LogP contribution in [0, 0.1) is 0 Å². The van der Waals surface area contributed by atoms with Gasteiger partial charge < -0.3 is 15.5 Å². The fourth-order valence-electron chi connectivity index (χ4n) is 2.69. The fraction of sp³-hybridized carbons (Fsp3) is 0.846. The molecule has 0 aromatic carbocycles. The number of rotatable bonds is 3. The molecule has 2 fully saturated rings. The third-order valence-electron chi connectivity index (χ3n) is 3.98. The van der Waals surface area contributed by atoms with E-state index in [2.05, 4.69) is 10.6 Å². The second kappa shape index (κ2) is 5.69. The minimum atomic E-state index is -0.484. The standard InChI is InChI=1S/C13H23N3O2/c1-13(6-5-7-15-13)12(18)14-10-11(17)16-8-3-2-4-9-16/h15H,2-10H2,1H3,(H,14,18). The van der Waals surface area contributed by atoms with Gasteiger partial charge in [-0.15, -0.1) is 0 Å². The van der Waals surface area contributed by atoms with Gasteiger partial charge in [0.1, 0.15) is 0 Å². The van der Waals surface area contributed by atoms with Crippen LogP contribution >= 0.6 is 0 Å². The van der Waals surface area contributed by atoms with Crippen LogP contribution in [-0.2, 0) is 9.59 Å². The van der Waals surface area contributed by atoms with E-state index in [1.807, 2.05) is 11.8 Å². The number of hydrogen-bond acceptors (Lipinski definition) is 3. The lowest BCUT2D eigenvalue weighted by atomic mass is 9.99. The molecule has 5 heteroatoms. The Morgan fingerprint density at radius 1 is 1.22 bits per heavy atom. The Kier molecular flexibility index (Phi) is 4.22. The molecule has 2 amide bonds. The topological polar surface area (TPSA) is 61.4 Å². The first-order valence-electron chi connectivity index (χ1n) is 6.93. The fourth-order valence-corrected chi connectivity index (χ4v) is 2.69. The number of amides is 2. The zero-order valence-corrected chi connectivity index (χ0v) is 11.1. The molecule has 0 aliphatic carbocycles. The van der Waals surface area contributed by atoms with Crippen molar-refractivity contribution in [2.45, 2.75) is 44.6 Å². The molecule has 0 radical (unpaired) electrons. The Morgan fingerprint density at radius 3 is 2.56 bits per heavy atom. The molecule has 0 spiro atoms. The van der Waals surface area contributed by atoms with Crippen LogP contribution in [0.2, 0.25) is 0 Å². The van der Waals surface area contributed by atoms with Gasteiger partial charge in [-0.2, -0.15) is 0 Å². The highest BCUT2D eigenvalue weighted by molar-refractivity contribution is 5.90. The average Bonchev–Trinajstić information content (AvgIpc) is 2.85. The van der Waals surface area contributed by atoms with Crippen LogP contribution in [0.1, 0.15) is 39.0 Å². The number of nitrogens with one attached hydrogen (secondary N) is 2. The molecule has 2 rings (SSSR count). The summed E-state index contributed by atoms with van der Waals surface area (Å²) < 4.78 is 0. The van der Waals surface area contributed by atoms with Gasteiger partial charge in [-0.25, -0.2) is 0 Å². The molecule has 5 nitrogen and oxygen atoms in total. The van der Waals surface area contributed by atoms with Gasteiger partial charge in [0.25, 0.3) is 0 Å². The molecule has 1 unspecified atom stereocenters. The molecule has 2 saturated heterocycles. The maximum Gasteiger partial charge on any atom is 0.241 e. The van der Waals surface area contributed by atoms with Gasteiger partial charge in [0.05, 0.1) is 12.1 Å². The van der Waals surface area contributed by atoms with E-state index in [9.17, 15) is 9.59 Å². The highest BCUT2D eigenvalue weighted by atomic mass is 16.2. The Hall–Kier alpha value is -1.10. The van der Waals surface area contributed by atoms with Crippen LogP contribution in [0.25, 0.3) is 0 Å². The molecular formula is C13H23N3O2. The van der Waals surface area contributed by atoms with E-state index in [0.29, 0.717) is 0 Å². The highest BCUT2D eigenvalue weighted by Crippen LogP contribution is 2.18. The molecule has 2 N–H and O–H groups in total. The number of carbonyl (C=O) groups is 2. The van der Waals surface area contributed by atoms with Crippen molar-refractivity contribution in [3.63, 3.8) is 0 Å². The van der Waals surface area contributed by atoms with Gasteiger partial charge in [-0.3, -0.25) is 9.59 Å². The van der Waals surface area contributed by atoms with Crippen molar-refractivity contribution in [3.05, 3.63) is 0 Å². The zero-order chi connectivity index (χ0) is 13.0. The van der Waals surface area contributed by atoms with Crippen LogP contribution in [0.15, 0.2) is 0 Å². The van der Waals surface area contributed by atoms with Crippen LogP contribution in [0.3, 0.4) is 0 Å². The van der Waals surface area contributed by atoms with Crippen molar-refractivity contribution in [1.29, 1.82) is 0 Å². The van der Waals surface area contributed by atoms with Gasteiger partial charge in [0.15, 0.2) is 0 Å². The molecule has 0 saturated carbocycles. The maximum absolute atomic E-state index is 12.0. The quantitative estimate of drug-likeness (QED) is 0.758. The van der Waals surface area contributed by atoms with Gasteiger partial charge in [-0.1, -0.05) is 0 Å². The first kappa shape index (κ1) is 13.3. The van der Waals surface area contributed by atoms with E-state index in [1.54, 1.807) is 0 Å². The first-order valence-corrected chi connectivity index (χ1v) is 6.93. The summed E-state index contributed by atoms with van der Waals surface area (Å²) in [5.74, 6) is -0.00462. The lowest BCUT2D eigenvalue weighted by molar-refractivity contribution is -0.135. The van der Waals surface area contributed by atoms with Gasteiger partial charge >= 0.3 is 0 Å². The summed E-state index contributed by atoms with van der Waals surface area (Å²) >= 11 is 0. The number of carbonyl (C=O) groups excluding carboxylic acids is 2. The van der Waals surface area contributed by atoms with E-state index >= 15 is 0 Å².